The number of benzene rings is 2. The molecule has 1 aliphatic heterocycles. The van der Waals surface area contributed by atoms with E-state index in [2.05, 4.69) is 4.99 Å². The van der Waals surface area contributed by atoms with Gasteiger partial charge in [0.05, 0.1) is 35.6 Å². The highest BCUT2D eigenvalue weighted by Crippen LogP contribution is 2.37. The number of hydrogen-bond acceptors (Lipinski definition) is 8. The molecule has 2 aromatic carbocycles. The lowest BCUT2D eigenvalue weighted by Gasteiger charge is -2.25. The van der Waals surface area contributed by atoms with Crippen molar-refractivity contribution in [1.82, 2.24) is 4.57 Å². The predicted molar refractivity (Wildman–Crippen MR) is 150 cm³/mol. The number of methoxy groups -OCH3 is 2. The summed E-state index contributed by atoms with van der Waals surface area (Å²) in [6.45, 7) is 3.53. The summed E-state index contributed by atoms with van der Waals surface area (Å²) in [7, 11) is 2.76. The second-order valence-corrected chi connectivity index (χ2v) is 10.4. The average Bonchev–Trinajstić information content (AvgIpc) is 3.51. The number of aryl methyl sites for hydroxylation is 1. The van der Waals surface area contributed by atoms with Crippen LogP contribution in [0.2, 0.25) is 5.02 Å². The summed E-state index contributed by atoms with van der Waals surface area (Å²) < 4.78 is 18.3. The zero-order chi connectivity index (χ0) is 28.7. The molecule has 3 heterocycles. The molecule has 0 spiro atoms. The number of fused-ring (bicyclic) bond motifs is 1. The van der Waals surface area contributed by atoms with Crippen molar-refractivity contribution in [2.45, 2.75) is 19.9 Å². The number of allylic oxidation sites excluding steroid dienone is 1. The fraction of sp³-hybridized carbons (Fsp3) is 0.172. The van der Waals surface area contributed by atoms with Crippen molar-refractivity contribution < 1.29 is 28.6 Å². The van der Waals surface area contributed by atoms with Crippen LogP contribution in [-0.4, -0.2) is 35.8 Å². The second-order valence-electron chi connectivity index (χ2n) is 9.00. The molecule has 1 N–H and O–H groups in total. The third kappa shape index (κ3) is 4.76. The number of carboxylic acids is 1. The third-order valence-corrected chi connectivity index (χ3v) is 7.78. The first-order chi connectivity index (χ1) is 19.1. The van der Waals surface area contributed by atoms with Gasteiger partial charge in [-0.15, -0.1) is 0 Å². The number of carboxylic acid groups (broad SMARTS) is 1. The van der Waals surface area contributed by atoms with E-state index in [0.29, 0.717) is 48.5 Å². The number of aromatic carboxylic acids is 1. The fourth-order valence-electron chi connectivity index (χ4n) is 4.63. The molecule has 11 heteroatoms. The van der Waals surface area contributed by atoms with Crippen LogP contribution in [0.1, 0.15) is 40.2 Å². The number of rotatable bonds is 6. The lowest BCUT2D eigenvalue weighted by atomic mass is 9.95. The van der Waals surface area contributed by atoms with Crippen LogP contribution in [0.5, 0.6) is 5.75 Å². The Labute approximate surface area is 236 Å². The highest BCUT2D eigenvalue weighted by Gasteiger charge is 2.35. The predicted octanol–water partition coefficient (Wildman–Crippen LogP) is 4.34. The van der Waals surface area contributed by atoms with Crippen LogP contribution in [0.3, 0.4) is 0 Å². The third-order valence-electron chi connectivity index (χ3n) is 6.56. The maximum absolute atomic E-state index is 13.8. The van der Waals surface area contributed by atoms with Gasteiger partial charge in [-0.1, -0.05) is 29.0 Å². The molecule has 9 nitrogen and oxygen atoms in total. The summed E-state index contributed by atoms with van der Waals surface area (Å²) in [6, 6.07) is 12.3. The molecule has 0 saturated heterocycles. The molecule has 0 saturated carbocycles. The van der Waals surface area contributed by atoms with Gasteiger partial charge in [0.15, 0.2) is 4.80 Å². The van der Waals surface area contributed by atoms with E-state index in [1.807, 2.05) is 6.92 Å². The van der Waals surface area contributed by atoms with E-state index in [1.165, 1.54) is 24.9 Å². The van der Waals surface area contributed by atoms with E-state index in [1.54, 1.807) is 55.5 Å². The molecule has 0 fully saturated rings. The molecule has 0 aliphatic carbocycles. The van der Waals surface area contributed by atoms with Gasteiger partial charge in [0, 0.05) is 22.2 Å². The van der Waals surface area contributed by atoms with Crippen LogP contribution >= 0.6 is 22.9 Å². The maximum Gasteiger partial charge on any atom is 0.338 e. The van der Waals surface area contributed by atoms with Crippen molar-refractivity contribution >= 4 is 41.0 Å². The summed E-state index contributed by atoms with van der Waals surface area (Å²) >= 11 is 7.46. The monoisotopic (exact) mass is 578 g/mol. The van der Waals surface area contributed by atoms with Crippen molar-refractivity contribution in [3.05, 3.63) is 107 Å². The van der Waals surface area contributed by atoms with Crippen LogP contribution in [0.4, 0.5) is 0 Å². The van der Waals surface area contributed by atoms with E-state index in [0.717, 1.165) is 16.9 Å². The molecule has 0 radical (unpaired) electrons. The van der Waals surface area contributed by atoms with E-state index >= 15 is 0 Å². The molecular formula is C29H23ClN2O7S. The molecule has 0 amide bonds. The number of nitrogens with zero attached hydrogens (tertiary/aromatic N) is 2. The molecule has 40 heavy (non-hydrogen) atoms. The van der Waals surface area contributed by atoms with Gasteiger partial charge in [0.25, 0.3) is 5.56 Å². The van der Waals surface area contributed by atoms with E-state index < -0.39 is 23.5 Å². The summed E-state index contributed by atoms with van der Waals surface area (Å²) in [6.07, 6.45) is 1.59. The highest BCUT2D eigenvalue weighted by molar-refractivity contribution is 7.07. The number of carbonyl (C=O) groups is 2. The van der Waals surface area contributed by atoms with Crippen LogP contribution in [0.15, 0.2) is 74.0 Å². The Kier molecular flexibility index (Phi) is 7.22. The van der Waals surface area contributed by atoms with Gasteiger partial charge in [-0.3, -0.25) is 9.36 Å². The van der Waals surface area contributed by atoms with Crippen LogP contribution < -0.4 is 19.6 Å². The number of carbonyl (C=O) groups excluding carboxylic acids is 1. The van der Waals surface area contributed by atoms with Gasteiger partial charge in [0.1, 0.15) is 23.3 Å². The number of thiazole rings is 1. The Morgan fingerprint density at radius 3 is 2.60 bits per heavy atom. The first-order valence-electron chi connectivity index (χ1n) is 12.0. The summed E-state index contributed by atoms with van der Waals surface area (Å²) in [5.74, 6) is -0.375. The van der Waals surface area contributed by atoms with Gasteiger partial charge in [-0.05, 0) is 61.9 Å². The van der Waals surface area contributed by atoms with Crippen LogP contribution in [-0.2, 0) is 9.53 Å². The Morgan fingerprint density at radius 1 is 1.12 bits per heavy atom. The molecule has 0 unspecified atom stereocenters. The number of aromatic nitrogens is 1. The lowest BCUT2D eigenvalue weighted by Crippen LogP contribution is -2.40. The van der Waals surface area contributed by atoms with Crippen molar-refractivity contribution in [3.8, 4) is 17.1 Å². The Balaban J connectivity index is 1.67. The van der Waals surface area contributed by atoms with Crippen molar-refractivity contribution in [3.63, 3.8) is 0 Å². The van der Waals surface area contributed by atoms with Gasteiger partial charge in [0.2, 0.25) is 0 Å². The summed E-state index contributed by atoms with van der Waals surface area (Å²) in [5.41, 5.74) is 2.31. The van der Waals surface area contributed by atoms with Crippen molar-refractivity contribution in [1.29, 1.82) is 0 Å². The van der Waals surface area contributed by atoms with Crippen LogP contribution in [0.25, 0.3) is 17.4 Å². The zero-order valence-corrected chi connectivity index (χ0v) is 23.4. The first kappa shape index (κ1) is 27.2. The number of hydrogen-bond donors (Lipinski definition) is 1. The number of halogens is 1. The maximum atomic E-state index is 13.8. The molecular weight excluding hydrogens is 556 g/mol. The topological polar surface area (TPSA) is 120 Å². The minimum atomic E-state index is -1.04. The van der Waals surface area contributed by atoms with Crippen LogP contribution in [0, 0.1) is 6.92 Å². The molecule has 0 bridgehead atoms. The molecule has 4 aromatic rings. The lowest BCUT2D eigenvalue weighted by molar-refractivity contribution is -0.136. The largest absolute Gasteiger partial charge is 0.496 e. The van der Waals surface area contributed by atoms with Gasteiger partial charge < -0.3 is 19.0 Å². The quantitative estimate of drug-likeness (QED) is 0.338. The van der Waals surface area contributed by atoms with E-state index in [4.69, 9.17) is 25.5 Å². The zero-order valence-electron chi connectivity index (χ0n) is 21.9. The van der Waals surface area contributed by atoms with E-state index in [-0.39, 0.29) is 11.1 Å². The van der Waals surface area contributed by atoms with Crippen molar-refractivity contribution in [2.75, 3.05) is 14.2 Å². The normalized spacial score (nSPS) is 15.0. The van der Waals surface area contributed by atoms with Gasteiger partial charge in [-0.25, -0.2) is 14.6 Å². The van der Waals surface area contributed by atoms with Crippen molar-refractivity contribution in [2.24, 2.45) is 4.99 Å². The SMILES string of the molecule is COC(=O)C1=C(C)N=c2s/c(=C\c3ccc(-c4cc(C(=O)O)ccc4C)o3)c(=O)n2[C@@H]1c1cc(Cl)ccc1OC. The Morgan fingerprint density at radius 2 is 1.90 bits per heavy atom. The molecule has 5 rings (SSSR count). The fourth-order valence-corrected chi connectivity index (χ4v) is 5.84. The molecule has 2 aromatic heterocycles. The standard InChI is InChI=1S/C29H23ClN2O7S/c1-14-5-6-16(27(34)35)11-19(14)22-10-8-18(39-22)13-23-26(33)32-25(20-12-17(30)7-9-21(20)37-3)24(28(36)38-4)15(2)31-29(32)40-23/h5-13,25H,1-4H3,(H,34,35)/b23-13-/t25-/m1/s1. The summed E-state index contributed by atoms with van der Waals surface area (Å²) in [5, 5.41) is 9.77. The minimum Gasteiger partial charge on any atom is -0.496 e. The highest BCUT2D eigenvalue weighted by atomic mass is 35.5. The number of ether oxygens (including phenoxy) is 2. The van der Waals surface area contributed by atoms with Gasteiger partial charge in [-0.2, -0.15) is 0 Å². The minimum absolute atomic E-state index is 0.139. The Bertz CT molecular complexity index is 1900. The first-order valence-corrected chi connectivity index (χ1v) is 13.2. The van der Waals surface area contributed by atoms with Gasteiger partial charge >= 0.3 is 11.9 Å². The second kappa shape index (κ2) is 10.6. The molecule has 1 aliphatic rings. The molecule has 204 valence electrons. The summed E-state index contributed by atoms with van der Waals surface area (Å²) in [4.78, 5) is 43.1. The van der Waals surface area contributed by atoms with E-state index in [9.17, 15) is 19.5 Å². The Hall–Kier alpha value is -4.41. The average molecular weight is 579 g/mol. The molecule has 1 atom stereocenters. The smallest absolute Gasteiger partial charge is 0.338 e. The number of esters is 1. The number of furan rings is 1.